The van der Waals surface area contributed by atoms with Gasteiger partial charge >= 0.3 is 0 Å². The molecule has 0 saturated carbocycles. The lowest BCUT2D eigenvalue weighted by Crippen LogP contribution is -2.08. The SMILES string of the molecule is CCCCOCCOc1cc(C)c(Br)cn1. The number of aryl methyl sites for hydroxylation is 1. The lowest BCUT2D eigenvalue weighted by Gasteiger charge is -2.07. The first-order chi connectivity index (χ1) is 7.74. The molecule has 90 valence electrons. The molecular formula is C12H18BrNO2. The zero-order valence-corrected chi connectivity index (χ0v) is 11.4. The van der Waals surface area contributed by atoms with Crippen molar-refractivity contribution in [1.82, 2.24) is 4.98 Å². The molecule has 1 heterocycles. The van der Waals surface area contributed by atoms with Crippen LogP contribution in [0.5, 0.6) is 5.88 Å². The average Bonchev–Trinajstić information content (AvgIpc) is 2.28. The van der Waals surface area contributed by atoms with Gasteiger partial charge in [-0.1, -0.05) is 13.3 Å². The van der Waals surface area contributed by atoms with Crippen LogP contribution in [-0.2, 0) is 4.74 Å². The molecule has 0 N–H and O–H groups in total. The Hall–Kier alpha value is -0.610. The van der Waals surface area contributed by atoms with Crippen molar-refractivity contribution in [2.24, 2.45) is 0 Å². The Kier molecular flexibility index (Phi) is 6.42. The number of rotatable bonds is 7. The van der Waals surface area contributed by atoms with Gasteiger partial charge < -0.3 is 9.47 Å². The van der Waals surface area contributed by atoms with Crippen LogP contribution in [0, 0.1) is 6.92 Å². The molecule has 1 aromatic rings. The highest BCUT2D eigenvalue weighted by molar-refractivity contribution is 9.10. The summed E-state index contributed by atoms with van der Waals surface area (Å²) in [4.78, 5) is 4.15. The number of hydrogen-bond donors (Lipinski definition) is 0. The van der Waals surface area contributed by atoms with E-state index in [0.717, 1.165) is 29.5 Å². The number of nitrogens with zero attached hydrogens (tertiary/aromatic N) is 1. The predicted molar refractivity (Wildman–Crippen MR) is 67.9 cm³/mol. The topological polar surface area (TPSA) is 31.4 Å². The normalized spacial score (nSPS) is 10.4. The molecule has 0 atom stereocenters. The molecule has 3 nitrogen and oxygen atoms in total. The van der Waals surface area contributed by atoms with Gasteiger partial charge in [0.05, 0.1) is 6.61 Å². The minimum atomic E-state index is 0.553. The van der Waals surface area contributed by atoms with Crippen molar-refractivity contribution < 1.29 is 9.47 Å². The largest absolute Gasteiger partial charge is 0.475 e. The number of unbranched alkanes of at least 4 members (excludes halogenated alkanes) is 1. The molecule has 0 unspecified atom stereocenters. The van der Waals surface area contributed by atoms with E-state index in [1.807, 2.05) is 13.0 Å². The van der Waals surface area contributed by atoms with Gasteiger partial charge in [-0.25, -0.2) is 4.98 Å². The number of aromatic nitrogens is 1. The summed E-state index contributed by atoms with van der Waals surface area (Å²) in [6, 6.07) is 1.91. The molecule has 0 amide bonds. The molecule has 0 bridgehead atoms. The summed E-state index contributed by atoms with van der Waals surface area (Å²) < 4.78 is 11.9. The van der Waals surface area contributed by atoms with Crippen LogP contribution >= 0.6 is 15.9 Å². The smallest absolute Gasteiger partial charge is 0.213 e. The molecule has 4 heteroatoms. The monoisotopic (exact) mass is 287 g/mol. The van der Waals surface area contributed by atoms with E-state index < -0.39 is 0 Å². The highest BCUT2D eigenvalue weighted by Crippen LogP contribution is 2.18. The Morgan fingerprint density at radius 2 is 2.12 bits per heavy atom. The van der Waals surface area contributed by atoms with Gasteiger partial charge in [-0.3, -0.25) is 0 Å². The van der Waals surface area contributed by atoms with Crippen molar-refractivity contribution >= 4 is 15.9 Å². The molecular weight excluding hydrogens is 270 g/mol. The molecule has 1 rings (SSSR count). The first kappa shape index (κ1) is 13.5. The lowest BCUT2D eigenvalue weighted by molar-refractivity contribution is 0.0965. The van der Waals surface area contributed by atoms with Gasteiger partial charge in [-0.05, 0) is 34.8 Å². The van der Waals surface area contributed by atoms with E-state index in [-0.39, 0.29) is 0 Å². The maximum atomic E-state index is 5.47. The van der Waals surface area contributed by atoms with E-state index in [4.69, 9.17) is 9.47 Å². The van der Waals surface area contributed by atoms with Gasteiger partial charge in [0.2, 0.25) is 5.88 Å². The molecule has 0 aliphatic rings. The van der Waals surface area contributed by atoms with E-state index in [1.165, 1.54) is 0 Å². The Bertz CT molecular complexity index is 318. The summed E-state index contributed by atoms with van der Waals surface area (Å²) in [7, 11) is 0. The molecule has 0 saturated heterocycles. The maximum Gasteiger partial charge on any atom is 0.213 e. The van der Waals surface area contributed by atoms with Gasteiger partial charge in [0.1, 0.15) is 6.61 Å². The maximum absolute atomic E-state index is 5.47. The summed E-state index contributed by atoms with van der Waals surface area (Å²) in [5.41, 5.74) is 1.12. The summed E-state index contributed by atoms with van der Waals surface area (Å²) in [6.45, 7) is 6.14. The minimum absolute atomic E-state index is 0.553. The second kappa shape index (κ2) is 7.63. The second-order valence-electron chi connectivity index (χ2n) is 3.59. The van der Waals surface area contributed by atoms with Crippen molar-refractivity contribution in [2.75, 3.05) is 19.8 Å². The third kappa shape index (κ3) is 4.94. The molecule has 0 aliphatic heterocycles. The highest BCUT2D eigenvalue weighted by atomic mass is 79.9. The summed E-state index contributed by atoms with van der Waals surface area (Å²) in [6.07, 6.45) is 4.02. The van der Waals surface area contributed by atoms with Crippen molar-refractivity contribution in [3.8, 4) is 5.88 Å². The summed E-state index contributed by atoms with van der Waals surface area (Å²) in [5, 5.41) is 0. The van der Waals surface area contributed by atoms with E-state index >= 15 is 0 Å². The van der Waals surface area contributed by atoms with Crippen LogP contribution in [0.15, 0.2) is 16.7 Å². The zero-order valence-electron chi connectivity index (χ0n) is 9.83. The van der Waals surface area contributed by atoms with Crippen molar-refractivity contribution in [3.05, 3.63) is 22.3 Å². The van der Waals surface area contributed by atoms with Gasteiger partial charge in [0, 0.05) is 23.3 Å². The summed E-state index contributed by atoms with van der Waals surface area (Å²) in [5.74, 6) is 0.653. The molecule has 1 aromatic heterocycles. The van der Waals surface area contributed by atoms with Crippen LogP contribution in [0.2, 0.25) is 0 Å². The van der Waals surface area contributed by atoms with Crippen LogP contribution in [0.4, 0.5) is 0 Å². The number of pyridine rings is 1. The first-order valence-corrected chi connectivity index (χ1v) is 6.36. The molecule has 0 radical (unpaired) electrons. The zero-order chi connectivity index (χ0) is 11.8. The standard InChI is InChI=1S/C12H18BrNO2/c1-3-4-5-15-6-7-16-12-8-10(2)11(13)9-14-12/h8-9H,3-7H2,1-2H3. The predicted octanol–water partition coefficient (Wildman–Crippen LogP) is 3.35. The van der Waals surface area contributed by atoms with Gasteiger partial charge in [-0.15, -0.1) is 0 Å². The van der Waals surface area contributed by atoms with Crippen LogP contribution in [0.3, 0.4) is 0 Å². The van der Waals surface area contributed by atoms with E-state index in [9.17, 15) is 0 Å². The Labute approximate surface area is 105 Å². The quantitative estimate of drug-likeness (QED) is 0.721. The highest BCUT2D eigenvalue weighted by Gasteiger charge is 1.99. The van der Waals surface area contributed by atoms with Crippen molar-refractivity contribution in [3.63, 3.8) is 0 Å². The fraction of sp³-hybridized carbons (Fsp3) is 0.583. The van der Waals surface area contributed by atoms with Crippen LogP contribution in [0.1, 0.15) is 25.3 Å². The van der Waals surface area contributed by atoms with Crippen molar-refractivity contribution in [2.45, 2.75) is 26.7 Å². The first-order valence-electron chi connectivity index (χ1n) is 5.56. The number of hydrogen-bond acceptors (Lipinski definition) is 3. The van der Waals surface area contributed by atoms with Crippen molar-refractivity contribution in [1.29, 1.82) is 0 Å². The third-order valence-electron chi connectivity index (χ3n) is 2.14. The van der Waals surface area contributed by atoms with E-state index in [0.29, 0.717) is 19.1 Å². The molecule has 0 spiro atoms. The minimum Gasteiger partial charge on any atom is -0.475 e. The van der Waals surface area contributed by atoms with Crippen LogP contribution in [0.25, 0.3) is 0 Å². The molecule has 16 heavy (non-hydrogen) atoms. The molecule has 0 fully saturated rings. The van der Waals surface area contributed by atoms with Gasteiger partial charge in [-0.2, -0.15) is 0 Å². The Morgan fingerprint density at radius 1 is 1.31 bits per heavy atom. The Balaban J connectivity index is 2.19. The van der Waals surface area contributed by atoms with Crippen LogP contribution in [-0.4, -0.2) is 24.8 Å². The van der Waals surface area contributed by atoms with E-state index in [1.54, 1.807) is 6.20 Å². The average molecular weight is 288 g/mol. The fourth-order valence-corrected chi connectivity index (χ4v) is 1.36. The Morgan fingerprint density at radius 3 is 2.81 bits per heavy atom. The lowest BCUT2D eigenvalue weighted by atomic mass is 10.3. The number of ether oxygens (including phenoxy) is 2. The second-order valence-corrected chi connectivity index (χ2v) is 4.44. The van der Waals surface area contributed by atoms with E-state index in [2.05, 4.69) is 27.8 Å². The fourth-order valence-electron chi connectivity index (χ4n) is 1.15. The van der Waals surface area contributed by atoms with Gasteiger partial charge in [0.25, 0.3) is 0 Å². The third-order valence-corrected chi connectivity index (χ3v) is 2.97. The van der Waals surface area contributed by atoms with Crippen LogP contribution < -0.4 is 4.74 Å². The molecule has 0 aliphatic carbocycles. The molecule has 0 aromatic carbocycles. The number of halogens is 1. The van der Waals surface area contributed by atoms with Gasteiger partial charge in [0.15, 0.2) is 0 Å². The summed E-state index contributed by atoms with van der Waals surface area (Å²) >= 11 is 3.40.